The molecule has 1 saturated heterocycles. The summed E-state index contributed by atoms with van der Waals surface area (Å²) < 4.78 is 29.3. The van der Waals surface area contributed by atoms with Gasteiger partial charge in [0.25, 0.3) is 10.0 Å². The van der Waals surface area contributed by atoms with E-state index in [9.17, 15) is 8.42 Å². The van der Waals surface area contributed by atoms with Gasteiger partial charge in [-0.1, -0.05) is 77.8 Å². The van der Waals surface area contributed by atoms with Crippen molar-refractivity contribution in [3.8, 4) is 0 Å². The van der Waals surface area contributed by atoms with Crippen LogP contribution in [0.3, 0.4) is 0 Å². The van der Waals surface area contributed by atoms with E-state index in [1.807, 2.05) is 109 Å². The maximum absolute atomic E-state index is 14.0. The van der Waals surface area contributed by atoms with Gasteiger partial charge in [0, 0.05) is 10.7 Å². The molecule has 0 saturated carbocycles. The van der Waals surface area contributed by atoms with Crippen molar-refractivity contribution in [1.82, 2.24) is 4.31 Å². The second-order valence-electron chi connectivity index (χ2n) is 8.37. The SMILES string of the molecule is Cc1ccc(S(=O)(=O)N2CC(c3ccc(Cl)cc3)N(c3ccccc3)C2=Nc2ccccc2)cc1. The Morgan fingerprint density at radius 2 is 1.40 bits per heavy atom. The highest BCUT2D eigenvalue weighted by Crippen LogP contribution is 2.38. The van der Waals surface area contributed by atoms with Crippen LogP contribution >= 0.6 is 11.6 Å². The molecule has 35 heavy (non-hydrogen) atoms. The number of rotatable bonds is 5. The number of halogens is 1. The van der Waals surface area contributed by atoms with Crippen molar-refractivity contribution < 1.29 is 8.42 Å². The zero-order valence-corrected chi connectivity index (χ0v) is 20.7. The van der Waals surface area contributed by atoms with E-state index in [1.54, 1.807) is 12.1 Å². The Kier molecular flexibility index (Phi) is 6.32. The molecule has 5 nitrogen and oxygen atoms in total. The fourth-order valence-electron chi connectivity index (χ4n) is 4.17. The summed E-state index contributed by atoms with van der Waals surface area (Å²) >= 11 is 6.16. The predicted octanol–water partition coefficient (Wildman–Crippen LogP) is 6.59. The van der Waals surface area contributed by atoms with Crippen molar-refractivity contribution >= 4 is 39.0 Å². The third-order valence-corrected chi connectivity index (χ3v) is 7.98. The first-order chi connectivity index (χ1) is 16.9. The van der Waals surface area contributed by atoms with Crippen molar-refractivity contribution in [2.75, 3.05) is 11.4 Å². The number of para-hydroxylation sites is 2. The van der Waals surface area contributed by atoms with Gasteiger partial charge in [-0.15, -0.1) is 0 Å². The highest BCUT2D eigenvalue weighted by Gasteiger charge is 2.43. The maximum Gasteiger partial charge on any atom is 0.266 e. The Hall–Kier alpha value is -3.61. The minimum atomic E-state index is -3.88. The smallest absolute Gasteiger partial charge is 0.266 e. The van der Waals surface area contributed by atoms with Crippen molar-refractivity contribution in [1.29, 1.82) is 0 Å². The molecule has 0 N–H and O–H groups in total. The van der Waals surface area contributed by atoms with E-state index in [4.69, 9.17) is 16.6 Å². The van der Waals surface area contributed by atoms with Crippen molar-refractivity contribution in [3.05, 3.63) is 125 Å². The molecule has 0 aliphatic carbocycles. The van der Waals surface area contributed by atoms with Gasteiger partial charge in [0.1, 0.15) is 0 Å². The summed E-state index contributed by atoms with van der Waals surface area (Å²) in [6, 6.07) is 33.3. The third-order valence-electron chi connectivity index (χ3n) is 5.97. The summed E-state index contributed by atoms with van der Waals surface area (Å²) in [4.78, 5) is 7.08. The molecule has 0 spiro atoms. The largest absolute Gasteiger partial charge is 0.302 e. The second-order valence-corrected chi connectivity index (χ2v) is 10.7. The van der Waals surface area contributed by atoms with Crippen LogP contribution in [-0.4, -0.2) is 25.2 Å². The molecule has 0 bridgehead atoms. The standard InChI is InChI=1S/C28H24ClN3O2S/c1-21-12-18-26(19-13-21)35(33,34)31-20-27(22-14-16-23(29)17-15-22)32(25-10-6-3-7-11-25)28(31)30-24-8-4-2-5-9-24/h2-19,27H,20H2,1H3. The van der Waals surface area contributed by atoms with Crippen LogP contribution in [0.2, 0.25) is 5.02 Å². The first-order valence-electron chi connectivity index (χ1n) is 11.3. The molecule has 5 rings (SSSR count). The lowest BCUT2D eigenvalue weighted by Crippen LogP contribution is -2.37. The Labute approximate surface area is 211 Å². The summed E-state index contributed by atoms with van der Waals surface area (Å²) in [5.74, 6) is 0.350. The molecule has 0 amide bonds. The molecule has 1 unspecified atom stereocenters. The zero-order chi connectivity index (χ0) is 24.4. The van der Waals surface area contributed by atoms with E-state index in [2.05, 4.69) is 0 Å². The molecule has 1 atom stereocenters. The van der Waals surface area contributed by atoms with Crippen LogP contribution in [0.4, 0.5) is 11.4 Å². The second kappa shape index (κ2) is 9.56. The third kappa shape index (κ3) is 4.67. The number of sulfonamides is 1. The number of hydrogen-bond donors (Lipinski definition) is 0. The summed E-state index contributed by atoms with van der Waals surface area (Å²) in [5.41, 5.74) is 3.46. The quantitative estimate of drug-likeness (QED) is 0.310. The Morgan fingerprint density at radius 3 is 2.03 bits per heavy atom. The molecule has 0 aromatic heterocycles. The van der Waals surface area contributed by atoms with Gasteiger partial charge in [0.15, 0.2) is 0 Å². The number of nitrogens with zero attached hydrogens (tertiary/aromatic N) is 3. The fourth-order valence-corrected chi connectivity index (χ4v) is 5.72. The van der Waals surface area contributed by atoms with E-state index in [1.165, 1.54) is 4.31 Å². The number of aryl methyl sites for hydroxylation is 1. The van der Waals surface area contributed by atoms with Crippen LogP contribution in [0, 0.1) is 6.92 Å². The van der Waals surface area contributed by atoms with Gasteiger partial charge < -0.3 is 4.90 Å². The zero-order valence-electron chi connectivity index (χ0n) is 19.1. The normalized spacial score (nSPS) is 17.2. The first kappa shape index (κ1) is 23.1. The van der Waals surface area contributed by atoms with E-state index >= 15 is 0 Å². The molecule has 7 heteroatoms. The number of guanidine groups is 1. The van der Waals surface area contributed by atoms with Gasteiger partial charge in [0.2, 0.25) is 5.96 Å². The van der Waals surface area contributed by atoms with E-state index in [0.717, 1.165) is 16.8 Å². The molecule has 4 aromatic rings. The number of anilines is 1. The Bertz CT molecular complexity index is 1440. The first-order valence-corrected chi connectivity index (χ1v) is 13.1. The summed E-state index contributed by atoms with van der Waals surface area (Å²) in [5, 5.41) is 0.625. The molecule has 4 aromatic carbocycles. The summed E-state index contributed by atoms with van der Waals surface area (Å²) in [6.07, 6.45) is 0. The van der Waals surface area contributed by atoms with Crippen molar-refractivity contribution in [2.24, 2.45) is 4.99 Å². The minimum absolute atomic E-state index is 0.207. The van der Waals surface area contributed by atoms with E-state index in [-0.39, 0.29) is 17.5 Å². The fraction of sp³-hybridized carbons (Fsp3) is 0.107. The molecule has 1 heterocycles. The summed E-state index contributed by atoms with van der Waals surface area (Å²) in [7, 11) is -3.88. The average Bonchev–Trinajstić information content (AvgIpc) is 3.26. The summed E-state index contributed by atoms with van der Waals surface area (Å²) in [6.45, 7) is 2.14. The molecule has 0 radical (unpaired) electrons. The maximum atomic E-state index is 14.0. The van der Waals surface area contributed by atoms with Crippen molar-refractivity contribution in [3.63, 3.8) is 0 Å². The van der Waals surface area contributed by atoms with Crippen molar-refractivity contribution in [2.45, 2.75) is 17.9 Å². The lowest BCUT2D eigenvalue weighted by Gasteiger charge is -2.26. The topological polar surface area (TPSA) is 53.0 Å². The molecule has 176 valence electrons. The molecule has 1 aliphatic rings. The minimum Gasteiger partial charge on any atom is -0.302 e. The monoisotopic (exact) mass is 501 g/mol. The van der Waals surface area contributed by atoms with Gasteiger partial charge in [-0.2, -0.15) is 0 Å². The van der Waals surface area contributed by atoms with E-state index < -0.39 is 10.0 Å². The van der Waals surface area contributed by atoms with E-state index in [0.29, 0.717) is 16.7 Å². The predicted molar refractivity (Wildman–Crippen MR) is 142 cm³/mol. The van der Waals surface area contributed by atoms with Crippen LogP contribution in [0.1, 0.15) is 17.2 Å². The molecular formula is C28H24ClN3O2S. The lowest BCUT2D eigenvalue weighted by atomic mass is 10.1. The number of hydrogen-bond acceptors (Lipinski definition) is 3. The molecule has 1 aliphatic heterocycles. The average molecular weight is 502 g/mol. The van der Waals surface area contributed by atoms with Crippen LogP contribution < -0.4 is 4.90 Å². The van der Waals surface area contributed by atoms with Crippen LogP contribution in [0.25, 0.3) is 0 Å². The van der Waals surface area contributed by atoms with Crippen LogP contribution in [0.5, 0.6) is 0 Å². The Morgan fingerprint density at radius 1 is 0.800 bits per heavy atom. The highest BCUT2D eigenvalue weighted by atomic mass is 35.5. The van der Waals surface area contributed by atoms with Gasteiger partial charge in [-0.05, 0) is 61.0 Å². The number of aliphatic imine (C=N–C) groups is 1. The molecule has 1 fully saturated rings. The lowest BCUT2D eigenvalue weighted by molar-refractivity contribution is 0.526. The van der Waals surface area contributed by atoms with Crippen LogP contribution in [0.15, 0.2) is 119 Å². The van der Waals surface area contributed by atoms with Gasteiger partial charge in [-0.3, -0.25) is 0 Å². The van der Waals surface area contributed by atoms with Crippen LogP contribution in [-0.2, 0) is 10.0 Å². The van der Waals surface area contributed by atoms with Gasteiger partial charge >= 0.3 is 0 Å². The van der Waals surface area contributed by atoms with Gasteiger partial charge in [-0.25, -0.2) is 17.7 Å². The molecular weight excluding hydrogens is 478 g/mol. The highest BCUT2D eigenvalue weighted by molar-refractivity contribution is 7.89. The number of benzene rings is 4. The van der Waals surface area contributed by atoms with Gasteiger partial charge in [0.05, 0.1) is 23.2 Å². The Balaban J connectivity index is 1.71.